The van der Waals surface area contributed by atoms with Gasteiger partial charge in [-0.15, -0.1) is 0 Å². The molecule has 0 atom stereocenters. The number of nitrogens with zero attached hydrogens (tertiary/aromatic N) is 5. The number of aryl methyl sites for hydroxylation is 1. The molecule has 0 unspecified atom stereocenters. The molecule has 1 aliphatic heterocycles. The lowest BCUT2D eigenvalue weighted by Gasteiger charge is -2.33. The highest BCUT2D eigenvalue weighted by atomic mass is 32.2. The van der Waals surface area contributed by atoms with Gasteiger partial charge < -0.3 is 4.90 Å². The number of carbonyl (C=O) groups excluding carboxylic acids is 1. The second kappa shape index (κ2) is 6.70. The van der Waals surface area contributed by atoms with E-state index in [1.807, 2.05) is 0 Å². The molecule has 1 saturated heterocycles. The van der Waals surface area contributed by atoms with Crippen molar-refractivity contribution >= 4 is 15.9 Å². The van der Waals surface area contributed by atoms with Gasteiger partial charge in [0.1, 0.15) is 4.90 Å². The molecule has 1 aliphatic rings. The summed E-state index contributed by atoms with van der Waals surface area (Å²) >= 11 is 0. The highest BCUT2D eigenvalue weighted by molar-refractivity contribution is 7.89. The van der Waals surface area contributed by atoms with E-state index in [4.69, 9.17) is 0 Å². The fourth-order valence-corrected chi connectivity index (χ4v) is 4.04. The molecule has 0 spiro atoms. The van der Waals surface area contributed by atoms with Crippen molar-refractivity contribution in [3.05, 3.63) is 42.5 Å². The van der Waals surface area contributed by atoms with Crippen molar-refractivity contribution in [1.82, 2.24) is 24.0 Å². The summed E-state index contributed by atoms with van der Waals surface area (Å²) < 4.78 is 28.1. The number of rotatable bonds is 4. The standard InChI is InChI=1S/C15H19N5O3S/c1-18-6-4-13(17-18)11-15(21)19-7-9-20(10-8-19)24(22,23)14-3-2-5-16-12-14/h2-6,12H,7-11H2,1H3. The molecule has 3 heterocycles. The van der Waals surface area contributed by atoms with Crippen LogP contribution in [0, 0.1) is 0 Å². The smallest absolute Gasteiger partial charge is 0.244 e. The van der Waals surface area contributed by atoms with Crippen LogP contribution in [0.5, 0.6) is 0 Å². The first-order valence-electron chi connectivity index (χ1n) is 7.63. The van der Waals surface area contributed by atoms with Crippen LogP contribution in [0.2, 0.25) is 0 Å². The molecule has 8 nitrogen and oxygen atoms in total. The van der Waals surface area contributed by atoms with Crippen LogP contribution < -0.4 is 0 Å². The van der Waals surface area contributed by atoms with E-state index in [2.05, 4.69) is 10.1 Å². The minimum atomic E-state index is -3.55. The molecule has 0 N–H and O–H groups in total. The molecular formula is C15H19N5O3S. The number of carbonyl (C=O) groups is 1. The van der Waals surface area contributed by atoms with Crippen LogP contribution in [0.1, 0.15) is 5.69 Å². The molecule has 0 aliphatic carbocycles. The Hall–Kier alpha value is -2.26. The monoisotopic (exact) mass is 349 g/mol. The molecule has 128 valence electrons. The molecule has 3 rings (SSSR count). The number of piperazine rings is 1. The SMILES string of the molecule is Cn1ccc(CC(=O)N2CCN(S(=O)(=O)c3cccnc3)CC2)n1. The maximum absolute atomic E-state index is 12.5. The molecule has 2 aromatic rings. The Bertz CT molecular complexity index is 811. The zero-order chi connectivity index (χ0) is 17.2. The minimum Gasteiger partial charge on any atom is -0.340 e. The predicted molar refractivity (Wildman–Crippen MR) is 86.5 cm³/mol. The molecule has 0 aromatic carbocycles. The normalized spacial score (nSPS) is 16.3. The number of hydrogen-bond donors (Lipinski definition) is 0. The van der Waals surface area contributed by atoms with Crippen LogP contribution in [0.4, 0.5) is 0 Å². The van der Waals surface area contributed by atoms with Gasteiger partial charge in [-0.1, -0.05) is 0 Å². The molecule has 0 bridgehead atoms. The van der Waals surface area contributed by atoms with Gasteiger partial charge in [-0.2, -0.15) is 9.40 Å². The fraction of sp³-hybridized carbons (Fsp3) is 0.400. The van der Waals surface area contributed by atoms with Crippen molar-refractivity contribution in [1.29, 1.82) is 0 Å². The maximum atomic E-state index is 12.5. The summed E-state index contributed by atoms with van der Waals surface area (Å²) in [6.45, 7) is 1.33. The lowest BCUT2D eigenvalue weighted by molar-refractivity contribution is -0.131. The maximum Gasteiger partial charge on any atom is 0.244 e. The van der Waals surface area contributed by atoms with E-state index >= 15 is 0 Å². The third kappa shape index (κ3) is 3.46. The second-order valence-electron chi connectivity index (χ2n) is 5.63. The number of aromatic nitrogens is 3. The Kier molecular flexibility index (Phi) is 4.63. The van der Waals surface area contributed by atoms with Gasteiger partial charge in [0.25, 0.3) is 0 Å². The average Bonchev–Trinajstić information content (AvgIpc) is 3.00. The largest absolute Gasteiger partial charge is 0.340 e. The molecule has 2 aromatic heterocycles. The highest BCUT2D eigenvalue weighted by Crippen LogP contribution is 2.16. The Balaban J connectivity index is 1.60. The van der Waals surface area contributed by atoms with Crippen LogP contribution in [-0.2, 0) is 28.3 Å². The summed E-state index contributed by atoms with van der Waals surface area (Å²) in [5, 5.41) is 4.20. The van der Waals surface area contributed by atoms with E-state index < -0.39 is 10.0 Å². The van der Waals surface area contributed by atoms with Crippen molar-refractivity contribution in [2.24, 2.45) is 7.05 Å². The van der Waals surface area contributed by atoms with Crippen LogP contribution in [0.15, 0.2) is 41.7 Å². The van der Waals surface area contributed by atoms with Gasteiger partial charge in [0.15, 0.2) is 0 Å². The minimum absolute atomic E-state index is 0.0351. The third-order valence-electron chi connectivity index (χ3n) is 3.96. The van der Waals surface area contributed by atoms with E-state index in [9.17, 15) is 13.2 Å². The third-order valence-corrected chi connectivity index (χ3v) is 5.85. The first-order chi connectivity index (χ1) is 11.5. The van der Waals surface area contributed by atoms with Gasteiger partial charge >= 0.3 is 0 Å². The lowest BCUT2D eigenvalue weighted by atomic mass is 10.2. The van der Waals surface area contributed by atoms with Crippen LogP contribution in [0.3, 0.4) is 0 Å². The van der Waals surface area contributed by atoms with E-state index in [0.717, 1.165) is 0 Å². The fourth-order valence-electron chi connectivity index (χ4n) is 2.65. The van der Waals surface area contributed by atoms with Crippen molar-refractivity contribution in [2.45, 2.75) is 11.3 Å². The van der Waals surface area contributed by atoms with Gasteiger partial charge in [0, 0.05) is 51.8 Å². The van der Waals surface area contributed by atoms with E-state index in [1.165, 1.54) is 22.8 Å². The summed E-state index contributed by atoms with van der Waals surface area (Å²) in [4.78, 5) is 18.0. The second-order valence-corrected chi connectivity index (χ2v) is 7.57. The van der Waals surface area contributed by atoms with Crippen molar-refractivity contribution in [3.8, 4) is 0 Å². The van der Waals surface area contributed by atoms with Crippen molar-refractivity contribution < 1.29 is 13.2 Å². The van der Waals surface area contributed by atoms with Crippen LogP contribution in [-0.4, -0.2) is 64.5 Å². The molecule has 9 heteroatoms. The Morgan fingerprint density at radius 1 is 1.21 bits per heavy atom. The Morgan fingerprint density at radius 2 is 1.96 bits per heavy atom. The van der Waals surface area contributed by atoms with Gasteiger partial charge in [-0.05, 0) is 18.2 Å². The van der Waals surface area contributed by atoms with Crippen molar-refractivity contribution in [2.75, 3.05) is 26.2 Å². The molecule has 0 radical (unpaired) electrons. The summed E-state index contributed by atoms with van der Waals surface area (Å²) in [5.74, 6) is -0.0351. The first kappa shape index (κ1) is 16.6. The van der Waals surface area contributed by atoms with Crippen molar-refractivity contribution in [3.63, 3.8) is 0 Å². The predicted octanol–water partition coefficient (Wildman–Crippen LogP) is -0.109. The zero-order valence-electron chi connectivity index (χ0n) is 13.4. The molecule has 1 amide bonds. The summed E-state index contributed by atoms with van der Waals surface area (Å²) in [6, 6.07) is 4.93. The number of amides is 1. The number of pyridine rings is 1. The summed E-state index contributed by atoms with van der Waals surface area (Å²) in [7, 11) is -1.75. The summed E-state index contributed by atoms with van der Waals surface area (Å²) in [6.07, 6.45) is 4.90. The topological polar surface area (TPSA) is 88.4 Å². The van der Waals surface area contributed by atoms with Gasteiger partial charge in [0.2, 0.25) is 15.9 Å². The molecule has 24 heavy (non-hydrogen) atoms. The molecule has 1 fully saturated rings. The summed E-state index contributed by atoms with van der Waals surface area (Å²) in [5.41, 5.74) is 0.716. The van der Waals surface area contributed by atoms with Gasteiger partial charge in [-0.3, -0.25) is 14.5 Å². The quantitative estimate of drug-likeness (QED) is 0.768. The van der Waals surface area contributed by atoms with Crippen LogP contribution in [0.25, 0.3) is 0 Å². The van der Waals surface area contributed by atoms with E-state index in [1.54, 1.807) is 35.0 Å². The van der Waals surface area contributed by atoms with Gasteiger partial charge in [0.05, 0.1) is 12.1 Å². The number of hydrogen-bond acceptors (Lipinski definition) is 5. The van der Waals surface area contributed by atoms with E-state index in [0.29, 0.717) is 18.8 Å². The number of sulfonamides is 1. The average molecular weight is 349 g/mol. The lowest BCUT2D eigenvalue weighted by Crippen LogP contribution is -2.50. The Labute approximate surface area is 140 Å². The van der Waals surface area contributed by atoms with Crippen LogP contribution >= 0.6 is 0 Å². The van der Waals surface area contributed by atoms with Gasteiger partial charge in [-0.25, -0.2) is 8.42 Å². The highest BCUT2D eigenvalue weighted by Gasteiger charge is 2.30. The van der Waals surface area contributed by atoms with E-state index in [-0.39, 0.29) is 30.3 Å². The zero-order valence-corrected chi connectivity index (χ0v) is 14.2. The first-order valence-corrected chi connectivity index (χ1v) is 9.07. The molecule has 0 saturated carbocycles. The molecular weight excluding hydrogens is 330 g/mol. The Morgan fingerprint density at radius 3 is 2.54 bits per heavy atom.